The summed E-state index contributed by atoms with van der Waals surface area (Å²) in [5, 5.41) is 11.0. The van der Waals surface area contributed by atoms with E-state index in [2.05, 4.69) is 9.99 Å². The minimum atomic E-state index is -1.10. The summed E-state index contributed by atoms with van der Waals surface area (Å²) in [4.78, 5) is 14.0. The van der Waals surface area contributed by atoms with Crippen LogP contribution in [-0.4, -0.2) is 23.9 Å². The molecular formula is C4H7NO3. The largest absolute Gasteiger partial charge is 0.477 e. The van der Waals surface area contributed by atoms with Crippen LogP contribution in [0, 0.1) is 0 Å². The van der Waals surface area contributed by atoms with Crippen LogP contribution in [0.2, 0.25) is 0 Å². The summed E-state index contributed by atoms with van der Waals surface area (Å²) in [6.07, 6.45) is 0.698. The Balaban J connectivity index is 3.20. The van der Waals surface area contributed by atoms with Gasteiger partial charge in [0.25, 0.3) is 0 Å². The standard InChI is InChI=1S/C4H7NO3/c1-2-8-5-3-4(6)7/h3H,2H2,1H3,(H,6,7). The van der Waals surface area contributed by atoms with Crippen LogP contribution in [0.3, 0.4) is 0 Å². The van der Waals surface area contributed by atoms with E-state index in [1.54, 1.807) is 6.92 Å². The number of carboxylic acids is 1. The van der Waals surface area contributed by atoms with Gasteiger partial charge in [-0.3, -0.25) is 0 Å². The molecule has 0 bridgehead atoms. The lowest BCUT2D eigenvalue weighted by atomic mass is 10.8. The van der Waals surface area contributed by atoms with Crippen LogP contribution in [0.15, 0.2) is 5.16 Å². The smallest absolute Gasteiger partial charge is 0.350 e. The molecule has 0 atom stereocenters. The van der Waals surface area contributed by atoms with E-state index in [-0.39, 0.29) is 0 Å². The predicted molar refractivity (Wildman–Crippen MR) is 27.8 cm³/mol. The highest BCUT2D eigenvalue weighted by Crippen LogP contribution is 1.69. The highest BCUT2D eigenvalue weighted by Gasteiger charge is 1.83. The number of rotatable bonds is 3. The van der Waals surface area contributed by atoms with Crippen LogP contribution < -0.4 is 0 Å². The number of carbonyl (C=O) groups is 1. The van der Waals surface area contributed by atoms with Gasteiger partial charge in [0.2, 0.25) is 0 Å². The van der Waals surface area contributed by atoms with E-state index in [9.17, 15) is 4.79 Å². The molecule has 0 aromatic carbocycles. The van der Waals surface area contributed by atoms with Gasteiger partial charge in [0.05, 0.1) is 0 Å². The van der Waals surface area contributed by atoms with Gasteiger partial charge in [-0.05, 0) is 6.92 Å². The van der Waals surface area contributed by atoms with Gasteiger partial charge in [-0.1, -0.05) is 5.16 Å². The molecule has 0 heterocycles. The van der Waals surface area contributed by atoms with E-state index >= 15 is 0 Å². The van der Waals surface area contributed by atoms with E-state index in [4.69, 9.17) is 5.11 Å². The first kappa shape index (κ1) is 6.94. The molecule has 0 saturated heterocycles. The van der Waals surface area contributed by atoms with Crippen LogP contribution in [0.1, 0.15) is 6.92 Å². The van der Waals surface area contributed by atoms with Crippen molar-refractivity contribution in [2.75, 3.05) is 6.61 Å². The summed E-state index contributed by atoms with van der Waals surface area (Å²) in [5.74, 6) is -1.10. The van der Waals surface area contributed by atoms with Gasteiger partial charge in [-0.25, -0.2) is 4.79 Å². The molecule has 0 aliphatic carbocycles. The molecule has 0 unspecified atom stereocenters. The molecular weight excluding hydrogens is 110 g/mol. The lowest BCUT2D eigenvalue weighted by Crippen LogP contribution is -1.95. The van der Waals surface area contributed by atoms with Crippen molar-refractivity contribution >= 4 is 12.2 Å². The molecule has 4 heteroatoms. The Morgan fingerprint density at radius 3 is 3.00 bits per heavy atom. The molecule has 0 rings (SSSR count). The van der Waals surface area contributed by atoms with Gasteiger partial charge in [-0.15, -0.1) is 0 Å². The Hall–Kier alpha value is -1.06. The molecule has 0 aromatic rings. The van der Waals surface area contributed by atoms with Crippen molar-refractivity contribution in [3.63, 3.8) is 0 Å². The summed E-state index contributed by atoms with van der Waals surface area (Å²) < 4.78 is 0. The van der Waals surface area contributed by atoms with E-state index in [0.717, 1.165) is 0 Å². The number of hydrogen-bond acceptors (Lipinski definition) is 3. The summed E-state index contributed by atoms with van der Waals surface area (Å²) in [5.41, 5.74) is 0. The van der Waals surface area contributed by atoms with Gasteiger partial charge in [0.1, 0.15) is 6.61 Å². The second-order valence-electron chi connectivity index (χ2n) is 0.991. The van der Waals surface area contributed by atoms with Gasteiger partial charge in [0, 0.05) is 0 Å². The summed E-state index contributed by atoms with van der Waals surface area (Å²) in [6, 6.07) is 0. The molecule has 1 N–H and O–H groups in total. The second-order valence-corrected chi connectivity index (χ2v) is 0.991. The maximum atomic E-state index is 9.64. The average Bonchev–Trinajstić information content (AvgIpc) is 1.66. The molecule has 0 saturated carbocycles. The van der Waals surface area contributed by atoms with Gasteiger partial charge < -0.3 is 9.94 Å². The highest BCUT2D eigenvalue weighted by atomic mass is 16.6. The first-order valence-corrected chi connectivity index (χ1v) is 2.15. The first-order valence-electron chi connectivity index (χ1n) is 2.15. The molecule has 0 aromatic heterocycles. The predicted octanol–water partition coefficient (Wildman–Crippen LogP) is 0.0933. The topological polar surface area (TPSA) is 58.9 Å². The quantitative estimate of drug-likeness (QED) is 0.421. The number of nitrogens with zero attached hydrogens (tertiary/aromatic N) is 1. The van der Waals surface area contributed by atoms with E-state index in [1.165, 1.54) is 0 Å². The summed E-state index contributed by atoms with van der Waals surface area (Å²) >= 11 is 0. The molecule has 0 spiro atoms. The molecule has 8 heavy (non-hydrogen) atoms. The Bertz CT molecular complexity index is 99.5. The molecule has 0 aliphatic heterocycles. The number of carboxylic acid groups (broad SMARTS) is 1. The zero-order valence-corrected chi connectivity index (χ0v) is 4.50. The van der Waals surface area contributed by atoms with E-state index < -0.39 is 5.97 Å². The lowest BCUT2D eigenvalue weighted by Gasteiger charge is -1.85. The van der Waals surface area contributed by atoms with E-state index in [0.29, 0.717) is 12.8 Å². The van der Waals surface area contributed by atoms with Gasteiger partial charge in [-0.2, -0.15) is 0 Å². The second kappa shape index (κ2) is 4.11. The third kappa shape index (κ3) is 4.94. The number of oxime groups is 1. The monoisotopic (exact) mass is 117 g/mol. The van der Waals surface area contributed by atoms with Crippen molar-refractivity contribution in [2.24, 2.45) is 5.16 Å². The first-order chi connectivity index (χ1) is 3.77. The number of hydrogen-bond donors (Lipinski definition) is 1. The van der Waals surface area contributed by atoms with Crippen molar-refractivity contribution in [1.82, 2.24) is 0 Å². The Morgan fingerprint density at radius 2 is 2.62 bits per heavy atom. The normalized spacial score (nSPS) is 9.62. The fourth-order valence-electron chi connectivity index (χ4n) is 0.157. The third-order valence-corrected chi connectivity index (χ3v) is 0.367. The highest BCUT2D eigenvalue weighted by molar-refractivity contribution is 6.21. The Kier molecular flexibility index (Phi) is 3.56. The van der Waals surface area contributed by atoms with Gasteiger partial charge in [0.15, 0.2) is 6.21 Å². The SMILES string of the molecule is CCON=CC(=O)O. The molecule has 0 aliphatic rings. The van der Waals surface area contributed by atoms with Crippen molar-refractivity contribution in [3.8, 4) is 0 Å². The fraction of sp³-hybridized carbons (Fsp3) is 0.500. The fourth-order valence-corrected chi connectivity index (χ4v) is 0.157. The van der Waals surface area contributed by atoms with Gasteiger partial charge >= 0.3 is 5.97 Å². The third-order valence-electron chi connectivity index (χ3n) is 0.367. The van der Waals surface area contributed by atoms with Crippen LogP contribution in [-0.2, 0) is 9.63 Å². The molecule has 46 valence electrons. The zero-order chi connectivity index (χ0) is 6.41. The number of aliphatic carboxylic acids is 1. The Morgan fingerprint density at radius 1 is 2.00 bits per heavy atom. The molecule has 0 fully saturated rings. The van der Waals surface area contributed by atoms with Crippen molar-refractivity contribution in [2.45, 2.75) is 6.92 Å². The van der Waals surface area contributed by atoms with Crippen LogP contribution in [0.5, 0.6) is 0 Å². The van der Waals surface area contributed by atoms with Crippen LogP contribution in [0.25, 0.3) is 0 Å². The van der Waals surface area contributed by atoms with Crippen molar-refractivity contribution in [3.05, 3.63) is 0 Å². The molecule has 0 radical (unpaired) electrons. The maximum Gasteiger partial charge on any atom is 0.350 e. The van der Waals surface area contributed by atoms with Crippen LogP contribution >= 0.6 is 0 Å². The molecule has 0 amide bonds. The minimum Gasteiger partial charge on any atom is -0.477 e. The zero-order valence-electron chi connectivity index (χ0n) is 4.50. The summed E-state index contributed by atoms with van der Waals surface area (Å²) in [6.45, 7) is 2.11. The van der Waals surface area contributed by atoms with E-state index in [1.807, 2.05) is 0 Å². The van der Waals surface area contributed by atoms with Crippen molar-refractivity contribution in [1.29, 1.82) is 0 Å². The van der Waals surface area contributed by atoms with Crippen LogP contribution in [0.4, 0.5) is 0 Å². The lowest BCUT2D eigenvalue weighted by molar-refractivity contribution is -0.129. The van der Waals surface area contributed by atoms with Crippen molar-refractivity contribution < 1.29 is 14.7 Å². The Labute approximate surface area is 46.8 Å². The summed E-state index contributed by atoms with van der Waals surface area (Å²) in [7, 11) is 0. The average molecular weight is 117 g/mol. The maximum absolute atomic E-state index is 9.64. The molecule has 4 nitrogen and oxygen atoms in total. The minimum absolute atomic E-state index is 0.393.